The van der Waals surface area contributed by atoms with Crippen LogP contribution in [0.15, 0.2) is 46.9 Å². The Labute approximate surface area is 146 Å². The monoisotopic (exact) mass is 336 g/mol. The van der Waals surface area contributed by atoms with E-state index in [0.717, 1.165) is 42.8 Å². The first kappa shape index (κ1) is 15.7. The number of aromatic nitrogens is 1. The van der Waals surface area contributed by atoms with Crippen LogP contribution in [0.3, 0.4) is 0 Å². The van der Waals surface area contributed by atoms with E-state index in [1.54, 1.807) is 6.07 Å². The molecule has 0 bridgehead atoms. The average Bonchev–Trinajstić information content (AvgIpc) is 3.30. The van der Waals surface area contributed by atoms with Crippen LogP contribution in [0.2, 0.25) is 0 Å². The molecule has 0 radical (unpaired) electrons. The third-order valence-electron chi connectivity index (χ3n) is 4.58. The molecule has 0 aliphatic carbocycles. The van der Waals surface area contributed by atoms with Crippen molar-refractivity contribution in [1.29, 1.82) is 0 Å². The molecule has 0 amide bonds. The van der Waals surface area contributed by atoms with Crippen LogP contribution < -0.4 is 4.90 Å². The van der Waals surface area contributed by atoms with E-state index in [1.807, 2.05) is 24.3 Å². The third kappa shape index (κ3) is 3.09. The van der Waals surface area contributed by atoms with Gasteiger partial charge in [-0.2, -0.15) is 0 Å². The molecule has 5 nitrogen and oxygen atoms in total. The van der Waals surface area contributed by atoms with Crippen molar-refractivity contribution in [1.82, 2.24) is 4.98 Å². The molecule has 25 heavy (non-hydrogen) atoms. The molecule has 1 saturated heterocycles. The van der Waals surface area contributed by atoms with Crippen LogP contribution in [-0.4, -0.2) is 31.2 Å². The molecule has 0 N–H and O–H groups in total. The van der Waals surface area contributed by atoms with Crippen molar-refractivity contribution in [3.63, 3.8) is 0 Å². The maximum absolute atomic E-state index is 12.0. The summed E-state index contributed by atoms with van der Waals surface area (Å²) in [5, 5.41) is 0. The first-order valence-corrected chi connectivity index (χ1v) is 8.55. The zero-order chi connectivity index (χ0) is 17.2. The van der Waals surface area contributed by atoms with E-state index in [1.165, 1.54) is 7.11 Å². The predicted molar refractivity (Wildman–Crippen MR) is 96.0 cm³/mol. The van der Waals surface area contributed by atoms with Gasteiger partial charge in [-0.3, -0.25) is 0 Å². The van der Waals surface area contributed by atoms with Crippen molar-refractivity contribution in [2.75, 3.05) is 25.1 Å². The van der Waals surface area contributed by atoms with Crippen molar-refractivity contribution < 1.29 is 13.9 Å². The number of hydrogen-bond donors (Lipinski definition) is 0. The number of methoxy groups -OCH3 is 1. The summed E-state index contributed by atoms with van der Waals surface area (Å²) in [4.78, 5) is 18.9. The Hall–Kier alpha value is -2.82. The van der Waals surface area contributed by atoms with Gasteiger partial charge >= 0.3 is 5.97 Å². The van der Waals surface area contributed by atoms with Gasteiger partial charge in [0.1, 0.15) is 5.52 Å². The maximum Gasteiger partial charge on any atom is 0.338 e. The van der Waals surface area contributed by atoms with E-state index < -0.39 is 0 Å². The minimum absolute atomic E-state index is 0.352. The Morgan fingerprint density at radius 1 is 1.20 bits per heavy atom. The van der Waals surface area contributed by atoms with Crippen LogP contribution >= 0.6 is 0 Å². The minimum Gasteiger partial charge on any atom is -0.465 e. The summed E-state index contributed by atoms with van der Waals surface area (Å²) in [6, 6.07) is 13.7. The number of fused-ring (bicyclic) bond motifs is 1. The Balaban J connectivity index is 1.78. The Kier molecular flexibility index (Phi) is 4.14. The molecule has 1 aromatic heterocycles. The van der Waals surface area contributed by atoms with Gasteiger partial charge in [0.05, 0.1) is 18.4 Å². The van der Waals surface area contributed by atoms with E-state index in [2.05, 4.69) is 22.0 Å². The second-order valence-electron chi connectivity index (χ2n) is 6.30. The van der Waals surface area contributed by atoms with Gasteiger partial charge in [0, 0.05) is 19.5 Å². The molecule has 0 spiro atoms. The molecule has 0 saturated carbocycles. The quantitative estimate of drug-likeness (QED) is 0.678. The van der Waals surface area contributed by atoms with E-state index in [0.29, 0.717) is 23.4 Å². The normalized spacial score (nSPS) is 14.2. The first-order valence-electron chi connectivity index (χ1n) is 8.55. The number of anilines is 1. The van der Waals surface area contributed by atoms with Crippen molar-refractivity contribution in [3.05, 3.63) is 59.5 Å². The molecule has 0 unspecified atom stereocenters. The molecule has 1 aliphatic rings. The lowest BCUT2D eigenvalue weighted by Gasteiger charge is -2.18. The number of hydrogen-bond acceptors (Lipinski definition) is 5. The number of carbonyl (C=O) groups is 1. The molecule has 4 rings (SSSR count). The summed E-state index contributed by atoms with van der Waals surface area (Å²) in [6.07, 6.45) is 2.92. The number of carbonyl (C=O) groups excluding carboxylic acids is 1. The Morgan fingerprint density at radius 3 is 2.68 bits per heavy atom. The fraction of sp³-hybridized carbons (Fsp3) is 0.300. The number of rotatable bonds is 4. The minimum atomic E-state index is -0.352. The molecule has 3 aromatic rings. The second kappa shape index (κ2) is 6.59. The summed E-state index contributed by atoms with van der Waals surface area (Å²) in [6.45, 7) is 1.93. The van der Waals surface area contributed by atoms with Gasteiger partial charge in [0.25, 0.3) is 0 Å². The Morgan fingerprint density at radius 2 is 1.96 bits per heavy atom. The first-order chi connectivity index (χ1) is 12.2. The molecule has 2 heterocycles. The van der Waals surface area contributed by atoms with Gasteiger partial charge in [0.15, 0.2) is 11.5 Å². The topological polar surface area (TPSA) is 55.6 Å². The summed E-state index contributed by atoms with van der Waals surface area (Å²) < 4.78 is 11.0. The highest BCUT2D eigenvalue weighted by Crippen LogP contribution is 2.32. The van der Waals surface area contributed by atoms with E-state index >= 15 is 0 Å². The average molecular weight is 336 g/mol. The highest BCUT2D eigenvalue weighted by molar-refractivity contribution is 5.98. The fourth-order valence-electron chi connectivity index (χ4n) is 3.34. The lowest BCUT2D eigenvalue weighted by atomic mass is 10.1. The highest BCUT2D eigenvalue weighted by atomic mass is 16.5. The SMILES string of the molecule is COC(=O)c1cc(N2CCCC2)c2oc(Cc3ccccc3)nc2c1. The summed E-state index contributed by atoms with van der Waals surface area (Å²) >= 11 is 0. The maximum atomic E-state index is 12.0. The zero-order valence-corrected chi connectivity index (χ0v) is 14.2. The molecule has 1 aliphatic heterocycles. The zero-order valence-electron chi connectivity index (χ0n) is 14.2. The third-order valence-corrected chi connectivity index (χ3v) is 4.58. The van der Waals surface area contributed by atoms with Crippen LogP contribution in [0.4, 0.5) is 5.69 Å². The highest BCUT2D eigenvalue weighted by Gasteiger charge is 2.22. The van der Waals surface area contributed by atoms with Crippen molar-refractivity contribution in [2.24, 2.45) is 0 Å². The molecule has 0 atom stereocenters. The second-order valence-corrected chi connectivity index (χ2v) is 6.30. The molecular weight excluding hydrogens is 316 g/mol. The molecule has 5 heteroatoms. The number of esters is 1. The van der Waals surface area contributed by atoms with Gasteiger partial charge in [-0.1, -0.05) is 30.3 Å². The molecule has 1 fully saturated rings. The van der Waals surface area contributed by atoms with E-state index in [-0.39, 0.29) is 5.97 Å². The lowest BCUT2D eigenvalue weighted by Crippen LogP contribution is -2.18. The van der Waals surface area contributed by atoms with Crippen molar-refractivity contribution in [2.45, 2.75) is 19.3 Å². The van der Waals surface area contributed by atoms with Crippen LogP contribution in [0.25, 0.3) is 11.1 Å². The van der Waals surface area contributed by atoms with Crippen LogP contribution in [0, 0.1) is 0 Å². The number of nitrogens with zero attached hydrogens (tertiary/aromatic N) is 2. The summed E-state index contributed by atoms with van der Waals surface area (Å²) in [7, 11) is 1.39. The Bertz CT molecular complexity index is 896. The van der Waals surface area contributed by atoms with Gasteiger partial charge < -0.3 is 14.1 Å². The standard InChI is InChI=1S/C20H20N2O3/c1-24-20(23)15-12-16-19(17(13-15)22-9-5-6-10-22)25-18(21-16)11-14-7-3-2-4-8-14/h2-4,7-8,12-13H,5-6,9-11H2,1H3. The van der Waals surface area contributed by atoms with Crippen molar-refractivity contribution >= 4 is 22.8 Å². The summed E-state index contributed by atoms with van der Waals surface area (Å²) in [5.74, 6) is 0.304. The summed E-state index contributed by atoms with van der Waals surface area (Å²) in [5.41, 5.74) is 4.04. The van der Waals surface area contributed by atoms with E-state index in [4.69, 9.17) is 9.15 Å². The van der Waals surface area contributed by atoms with Gasteiger partial charge in [0.2, 0.25) is 0 Å². The van der Waals surface area contributed by atoms with Crippen LogP contribution in [0.5, 0.6) is 0 Å². The number of ether oxygens (including phenoxy) is 1. The van der Waals surface area contributed by atoms with E-state index in [9.17, 15) is 4.79 Å². The number of benzene rings is 2. The largest absolute Gasteiger partial charge is 0.465 e. The number of oxazole rings is 1. The van der Waals surface area contributed by atoms with Gasteiger partial charge in [-0.15, -0.1) is 0 Å². The fourth-order valence-corrected chi connectivity index (χ4v) is 3.34. The molecule has 2 aromatic carbocycles. The van der Waals surface area contributed by atoms with Crippen LogP contribution in [-0.2, 0) is 11.2 Å². The van der Waals surface area contributed by atoms with Gasteiger partial charge in [-0.25, -0.2) is 9.78 Å². The predicted octanol–water partition coefficient (Wildman–Crippen LogP) is 3.81. The van der Waals surface area contributed by atoms with Gasteiger partial charge in [-0.05, 0) is 30.5 Å². The van der Waals surface area contributed by atoms with Crippen molar-refractivity contribution in [3.8, 4) is 0 Å². The lowest BCUT2D eigenvalue weighted by molar-refractivity contribution is 0.0601. The molecule has 128 valence electrons. The smallest absolute Gasteiger partial charge is 0.338 e. The molecular formula is C20H20N2O3. The van der Waals surface area contributed by atoms with Crippen LogP contribution in [0.1, 0.15) is 34.7 Å².